The number of halogens is 1. The molecule has 1 fully saturated rings. The highest BCUT2D eigenvalue weighted by Gasteiger charge is 2.27. The molecule has 1 atom stereocenters. The Balaban J connectivity index is 1.36. The fourth-order valence-electron chi connectivity index (χ4n) is 4.46. The molecule has 3 heterocycles. The lowest BCUT2D eigenvalue weighted by molar-refractivity contribution is 0.0737. The summed E-state index contributed by atoms with van der Waals surface area (Å²) < 4.78 is 5.59. The van der Waals surface area contributed by atoms with Crippen molar-refractivity contribution in [2.75, 3.05) is 39.6 Å². The fourth-order valence-corrected chi connectivity index (χ4v) is 4.64. The molecular weight excluding hydrogens is 464 g/mol. The summed E-state index contributed by atoms with van der Waals surface area (Å²) in [6, 6.07) is 13.3. The summed E-state index contributed by atoms with van der Waals surface area (Å²) in [4.78, 5) is 29.5. The number of methoxy groups -OCH3 is 1. The summed E-state index contributed by atoms with van der Waals surface area (Å²) in [6.07, 6.45) is 4.33. The molecule has 1 amide bonds. The van der Waals surface area contributed by atoms with Crippen LogP contribution in [0.1, 0.15) is 16.8 Å². The predicted octanol–water partition coefficient (Wildman–Crippen LogP) is 4.81. The summed E-state index contributed by atoms with van der Waals surface area (Å²) >= 11 is 6.12. The van der Waals surface area contributed by atoms with Gasteiger partial charge in [0.2, 0.25) is 0 Å². The zero-order chi connectivity index (χ0) is 24.5. The molecule has 1 unspecified atom stereocenters. The summed E-state index contributed by atoms with van der Waals surface area (Å²) in [5.41, 5.74) is 3.78. The van der Waals surface area contributed by atoms with Crippen LogP contribution in [-0.4, -0.2) is 71.0 Å². The van der Waals surface area contributed by atoms with E-state index < -0.39 is 0 Å². The van der Waals surface area contributed by atoms with Gasteiger partial charge < -0.3 is 24.8 Å². The van der Waals surface area contributed by atoms with E-state index in [9.17, 15) is 4.79 Å². The van der Waals surface area contributed by atoms with Crippen LogP contribution in [0.5, 0.6) is 5.75 Å². The van der Waals surface area contributed by atoms with Crippen molar-refractivity contribution in [2.24, 2.45) is 0 Å². The van der Waals surface area contributed by atoms with Gasteiger partial charge in [0, 0.05) is 41.1 Å². The van der Waals surface area contributed by atoms with E-state index in [1.54, 1.807) is 31.6 Å². The first kappa shape index (κ1) is 23.1. The number of nitrogens with one attached hydrogen (secondary N) is 2. The van der Waals surface area contributed by atoms with E-state index in [1.807, 2.05) is 42.3 Å². The quantitative estimate of drug-likeness (QED) is 0.403. The number of carbonyl (C=O) groups is 1. The van der Waals surface area contributed by atoms with Crippen LogP contribution in [0.4, 0.5) is 11.5 Å². The number of aromatic amines is 1. The maximum Gasteiger partial charge on any atom is 0.254 e. The van der Waals surface area contributed by atoms with E-state index in [1.165, 1.54) is 0 Å². The van der Waals surface area contributed by atoms with E-state index in [0.717, 1.165) is 36.1 Å². The number of benzene rings is 2. The van der Waals surface area contributed by atoms with Crippen LogP contribution in [0.25, 0.3) is 22.3 Å². The zero-order valence-electron chi connectivity index (χ0n) is 19.9. The predicted molar refractivity (Wildman–Crippen MR) is 139 cm³/mol. The SMILES string of the molecule is COc1cc(C(=O)N(C)C2CCN(C)C2)ccc1Nc1cncc(-c2cc3cc(Cl)ccc3[nH]2)n1. The summed E-state index contributed by atoms with van der Waals surface area (Å²) in [7, 11) is 5.53. The third kappa shape index (κ3) is 4.80. The molecule has 35 heavy (non-hydrogen) atoms. The van der Waals surface area contributed by atoms with Gasteiger partial charge in [0.15, 0.2) is 0 Å². The van der Waals surface area contributed by atoms with Crippen molar-refractivity contribution in [3.8, 4) is 17.1 Å². The van der Waals surface area contributed by atoms with Crippen LogP contribution in [0.2, 0.25) is 5.02 Å². The Labute approximate surface area is 208 Å². The minimum Gasteiger partial charge on any atom is -0.495 e. The van der Waals surface area contributed by atoms with Crippen LogP contribution in [0, 0.1) is 0 Å². The maximum absolute atomic E-state index is 13.1. The number of rotatable bonds is 6. The number of carbonyl (C=O) groups excluding carboxylic acids is 1. The molecule has 0 saturated carbocycles. The maximum atomic E-state index is 13.1. The second-order valence-electron chi connectivity index (χ2n) is 8.87. The third-order valence-electron chi connectivity index (χ3n) is 6.44. The first-order valence-electron chi connectivity index (χ1n) is 11.4. The van der Waals surface area contributed by atoms with Crippen molar-refractivity contribution in [1.29, 1.82) is 0 Å². The lowest BCUT2D eigenvalue weighted by Gasteiger charge is -2.25. The lowest BCUT2D eigenvalue weighted by Crippen LogP contribution is -2.38. The Morgan fingerprint density at radius 3 is 2.86 bits per heavy atom. The number of likely N-dealkylation sites (N-methyl/N-ethyl adjacent to an activating group) is 2. The molecule has 0 spiro atoms. The van der Waals surface area contributed by atoms with Crippen LogP contribution in [0.15, 0.2) is 54.9 Å². The summed E-state index contributed by atoms with van der Waals surface area (Å²) in [6.45, 7) is 1.89. The van der Waals surface area contributed by atoms with Crippen molar-refractivity contribution in [2.45, 2.75) is 12.5 Å². The molecular formula is C26H27ClN6O2. The second-order valence-corrected chi connectivity index (χ2v) is 9.30. The number of hydrogen-bond donors (Lipinski definition) is 2. The zero-order valence-corrected chi connectivity index (χ0v) is 20.6. The second kappa shape index (κ2) is 9.56. The molecule has 0 bridgehead atoms. The Hall–Kier alpha value is -3.62. The molecule has 2 aromatic carbocycles. The Morgan fingerprint density at radius 2 is 2.09 bits per heavy atom. The lowest BCUT2D eigenvalue weighted by atomic mass is 10.1. The van der Waals surface area contributed by atoms with Crippen molar-refractivity contribution in [3.63, 3.8) is 0 Å². The van der Waals surface area contributed by atoms with Gasteiger partial charge >= 0.3 is 0 Å². The molecule has 0 radical (unpaired) electrons. The van der Waals surface area contributed by atoms with E-state index in [-0.39, 0.29) is 11.9 Å². The van der Waals surface area contributed by atoms with Gasteiger partial charge in [-0.05, 0) is 62.5 Å². The molecule has 1 aliphatic rings. The molecule has 9 heteroatoms. The summed E-state index contributed by atoms with van der Waals surface area (Å²) in [5.74, 6) is 1.10. The smallest absolute Gasteiger partial charge is 0.254 e. The Kier molecular flexibility index (Phi) is 6.32. The Morgan fingerprint density at radius 1 is 1.23 bits per heavy atom. The number of nitrogens with zero attached hydrogens (tertiary/aromatic N) is 4. The van der Waals surface area contributed by atoms with Gasteiger partial charge in [-0.2, -0.15) is 0 Å². The van der Waals surface area contributed by atoms with Gasteiger partial charge in [-0.3, -0.25) is 9.78 Å². The van der Waals surface area contributed by atoms with Gasteiger partial charge in [-0.1, -0.05) is 11.6 Å². The number of aromatic nitrogens is 3. The van der Waals surface area contributed by atoms with Crippen LogP contribution < -0.4 is 10.1 Å². The number of ether oxygens (including phenoxy) is 1. The topological polar surface area (TPSA) is 86.4 Å². The van der Waals surface area contributed by atoms with Crippen LogP contribution in [0.3, 0.4) is 0 Å². The highest BCUT2D eigenvalue weighted by Crippen LogP contribution is 2.30. The molecule has 0 aliphatic carbocycles. The summed E-state index contributed by atoms with van der Waals surface area (Å²) in [5, 5.41) is 4.95. The highest BCUT2D eigenvalue weighted by atomic mass is 35.5. The van der Waals surface area contributed by atoms with E-state index in [4.69, 9.17) is 21.3 Å². The molecule has 180 valence electrons. The minimum atomic E-state index is -0.0177. The first-order chi connectivity index (χ1) is 16.9. The molecule has 2 aromatic heterocycles. The molecule has 1 aliphatic heterocycles. The highest BCUT2D eigenvalue weighted by molar-refractivity contribution is 6.31. The number of H-pyrrole nitrogens is 1. The van der Waals surface area contributed by atoms with Crippen LogP contribution in [-0.2, 0) is 0 Å². The molecule has 4 aromatic rings. The van der Waals surface area contributed by atoms with Gasteiger partial charge in [0.05, 0.1) is 30.9 Å². The number of anilines is 2. The van der Waals surface area contributed by atoms with Gasteiger partial charge in [-0.15, -0.1) is 0 Å². The molecule has 1 saturated heterocycles. The van der Waals surface area contributed by atoms with Crippen molar-refractivity contribution >= 4 is 39.9 Å². The molecule has 8 nitrogen and oxygen atoms in total. The number of amides is 1. The van der Waals surface area contributed by atoms with Crippen molar-refractivity contribution < 1.29 is 9.53 Å². The van der Waals surface area contributed by atoms with Gasteiger partial charge in [0.25, 0.3) is 5.91 Å². The normalized spacial score (nSPS) is 15.9. The van der Waals surface area contributed by atoms with Gasteiger partial charge in [-0.25, -0.2) is 4.98 Å². The van der Waals surface area contributed by atoms with E-state index in [2.05, 4.69) is 27.2 Å². The Bertz CT molecular complexity index is 1390. The van der Waals surface area contributed by atoms with Gasteiger partial charge in [0.1, 0.15) is 17.3 Å². The number of fused-ring (bicyclic) bond motifs is 1. The fraction of sp³-hybridized carbons (Fsp3) is 0.269. The minimum absolute atomic E-state index is 0.0177. The molecule has 2 N–H and O–H groups in total. The van der Waals surface area contributed by atoms with Crippen LogP contribution >= 0.6 is 11.6 Å². The van der Waals surface area contributed by atoms with Crippen molar-refractivity contribution in [3.05, 3.63) is 65.4 Å². The number of likely N-dealkylation sites (tertiary alicyclic amines) is 1. The van der Waals surface area contributed by atoms with E-state index in [0.29, 0.717) is 33.5 Å². The first-order valence-corrected chi connectivity index (χ1v) is 11.8. The third-order valence-corrected chi connectivity index (χ3v) is 6.67. The average molecular weight is 491 g/mol. The largest absolute Gasteiger partial charge is 0.495 e. The standard InChI is InChI=1S/C26H27ClN6O2/c1-32-9-8-19(15-32)33(2)26(34)16-4-6-21(24(12-16)35-3)30-25-14-28-13-23(31-25)22-11-17-10-18(27)5-7-20(17)29-22/h4-7,10-14,19,29H,8-9,15H2,1-3H3,(H,30,31). The van der Waals surface area contributed by atoms with E-state index >= 15 is 0 Å². The number of hydrogen-bond acceptors (Lipinski definition) is 6. The monoisotopic (exact) mass is 490 g/mol. The average Bonchev–Trinajstić information content (AvgIpc) is 3.49. The van der Waals surface area contributed by atoms with Crippen molar-refractivity contribution in [1.82, 2.24) is 24.8 Å². The molecule has 5 rings (SSSR count).